The number of anilines is 1. The van der Waals surface area contributed by atoms with Crippen molar-refractivity contribution in [3.63, 3.8) is 0 Å². The van der Waals surface area contributed by atoms with Gasteiger partial charge in [-0.15, -0.1) is 0 Å². The Kier molecular flexibility index (Phi) is 8.20. The zero-order valence-corrected chi connectivity index (χ0v) is 19.6. The molecule has 0 radical (unpaired) electrons. The number of rotatable bonds is 9. The first kappa shape index (κ1) is 23.8. The van der Waals surface area contributed by atoms with Crippen molar-refractivity contribution >= 4 is 23.6 Å². The smallest absolute Gasteiger partial charge is 0.328 e. The van der Waals surface area contributed by atoms with Crippen LogP contribution in [-0.2, 0) is 4.79 Å². The Labute approximate surface area is 201 Å². The average molecular weight is 464 g/mol. The lowest BCUT2D eigenvalue weighted by atomic mass is 10.1. The van der Waals surface area contributed by atoms with E-state index in [1.165, 1.54) is 32.0 Å². The maximum absolute atomic E-state index is 12.8. The van der Waals surface area contributed by atoms with E-state index in [0.717, 1.165) is 55.7 Å². The van der Waals surface area contributed by atoms with Gasteiger partial charge >= 0.3 is 5.97 Å². The van der Waals surface area contributed by atoms with Crippen LogP contribution in [0, 0.1) is 0 Å². The minimum absolute atomic E-state index is 0.00564. The monoisotopic (exact) mass is 463 g/mol. The maximum Gasteiger partial charge on any atom is 0.328 e. The van der Waals surface area contributed by atoms with E-state index in [2.05, 4.69) is 21.9 Å². The molecule has 0 aromatic heterocycles. The third kappa shape index (κ3) is 6.60. The second-order valence-electron chi connectivity index (χ2n) is 8.82. The van der Waals surface area contributed by atoms with Crippen LogP contribution in [0.5, 0.6) is 5.75 Å². The summed E-state index contributed by atoms with van der Waals surface area (Å²) in [5.41, 5.74) is 2.51. The third-order valence-electron chi connectivity index (χ3n) is 6.43. The molecule has 0 bridgehead atoms. The molecular weight excluding hydrogens is 430 g/mol. The molecule has 0 atom stereocenters. The van der Waals surface area contributed by atoms with Crippen LogP contribution < -0.4 is 9.64 Å². The van der Waals surface area contributed by atoms with E-state index >= 15 is 0 Å². The number of ether oxygens (including phenoxy) is 1. The van der Waals surface area contributed by atoms with Crippen LogP contribution in [0.3, 0.4) is 0 Å². The van der Waals surface area contributed by atoms with Gasteiger partial charge in [0.1, 0.15) is 5.75 Å². The summed E-state index contributed by atoms with van der Waals surface area (Å²) in [5.74, 6) is -0.0835. The Morgan fingerprint density at radius 3 is 2.21 bits per heavy atom. The number of nitrogens with zero attached hydrogens (tertiary/aromatic N) is 3. The minimum atomic E-state index is -0.992. The molecule has 2 saturated heterocycles. The lowest BCUT2D eigenvalue weighted by molar-refractivity contribution is -0.131. The highest BCUT2D eigenvalue weighted by atomic mass is 16.5. The number of carboxylic acids is 1. The first-order chi connectivity index (χ1) is 16.6. The molecule has 34 heavy (non-hydrogen) atoms. The molecule has 0 unspecified atom stereocenters. The van der Waals surface area contributed by atoms with E-state index in [1.807, 2.05) is 17.0 Å². The molecule has 0 aliphatic carbocycles. The van der Waals surface area contributed by atoms with Crippen molar-refractivity contribution in [1.82, 2.24) is 9.80 Å². The molecule has 2 fully saturated rings. The van der Waals surface area contributed by atoms with Crippen LogP contribution in [0.1, 0.15) is 35.2 Å². The minimum Gasteiger partial charge on any atom is -0.494 e. The van der Waals surface area contributed by atoms with E-state index in [0.29, 0.717) is 18.7 Å². The number of hydrogen-bond acceptors (Lipinski definition) is 5. The quantitative estimate of drug-likeness (QED) is 0.452. The summed E-state index contributed by atoms with van der Waals surface area (Å²) in [6.07, 6.45) is 6.31. The van der Waals surface area contributed by atoms with Crippen LogP contribution in [0.4, 0.5) is 5.69 Å². The lowest BCUT2D eigenvalue weighted by Crippen LogP contribution is -2.48. The lowest BCUT2D eigenvalue weighted by Gasteiger charge is -2.36. The highest BCUT2D eigenvalue weighted by Crippen LogP contribution is 2.22. The van der Waals surface area contributed by atoms with Crippen molar-refractivity contribution in [3.8, 4) is 5.75 Å². The molecule has 2 aliphatic rings. The number of carboxylic acid groups (broad SMARTS) is 1. The summed E-state index contributed by atoms with van der Waals surface area (Å²) < 4.78 is 5.91. The summed E-state index contributed by atoms with van der Waals surface area (Å²) in [6.45, 7) is 7.20. The Morgan fingerprint density at radius 1 is 0.882 bits per heavy atom. The van der Waals surface area contributed by atoms with Crippen molar-refractivity contribution in [2.45, 2.75) is 19.3 Å². The van der Waals surface area contributed by atoms with Crippen LogP contribution in [0.25, 0.3) is 6.08 Å². The van der Waals surface area contributed by atoms with Crippen LogP contribution in [0.2, 0.25) is 0 Å². The van der Waals surface area contributed by atoms with Crippen molar-refractivity contribution in [1.29, 1.82) is 0 Å². The van der Waals surface area contributed by atoms with Gasteiger partial charge in [-0.2, -0.15) is 0 Å². The van der Waals surface area contributed by atoms with Crippen molar-refractivity contribution < 1.29 is 19.4 Å². The Bertz CT molecular complexity index is 974. The number of hydrogen-bond donors (Lipinski definition) is 1. The number of amides is 1. The molecule has 4 rings (SSSR count). The van der Waals surface area contributed by atoms with Gasteiger partial charge in [0, 0.05) is 50.1 Å². The molecule has 2 heterocycles. The van der Waals surface area contributed by atoms with E-state index < -0.39 is 5.97 Å². The SMILES string of the molecule is O=C(O)/C=C/c1ccc(C(=O)N2CCN(c3ccc(OCCCN4CCCC4)cc3)CC2)cc1. The molecule has 0 saturated carbocycles. The molecule has 2 aliphatic heterocycles. The Hall–Kier alpha value is -3.32. The molecule has 1 amide bonds. The fourth-order valence-corrected chi connectivity index (χ4v) is 4.49. The zero-order valence-electron chi connectivity index (χ0n) is 19.6. The predicted molar refractivity (Wildman–Crippen MR) is 133 cm³/mol. The summed E-state index contributed by atoms with van der Waals surface area (Å²) >= 11 is 0. The number of carbonyl (C=O) groups is 2. The second-order valence-corrected chi connectivity index (χ2v) is 8.82. The fraction of sp³-hybridized carbons (Fsp3) is 0.407. The van der Waals surface area contributed by atoms with Crippen LogP contribution in [-0.4, -0.2) is 79.2 Å². The summed E-state index contributed by atoms with van der Waals surface area (Å²) in [6, 6.07) is 15.3. The molecule has 2 aromatic rings. The van der Waals surface area contributed by atoms with Gasteiger partial charge in [0.15, 0.2) is 0 Å². The third-order valence-corrected chi connectivity index (χ3v) is 6.43. The van der Waals surface area contributed by atoms with Gasteiger partial charge in [-0.05, 0) is 80.4 Å². The van der Waals surface area contributed by atoms with Crippen LogP contribution in [0.15, 0.2) is 54.6 Å². The number of benzene rings is 2. The van der Waals surface area contributed by atoms with Crippen molar-refractivity contribution in [3.05, 3.63) is 65.7 Å². The first-order valence-corrected chi connectivity index (χ1v) is 12.1. The number of likely N-dealkylation sites (tertiary alicyclic amines) is 1. The molecule has 7 nitrogen and oxygen atoms in total. The maximum atomic E-state index is 12.8. The second kappa shape index (κ2) is 11.7. The largest absolute Gasteiger partial charge is 0.494 e. The molecule has 2 aromatic carbocycles. The van der Waals surface area contributed by atoms with Gasteiger partial charge in [-0.1, -0.05) is 12.1 Å². The fourth-order valence-electron chi connectivity index (χ4n) is 4.49. The summed E-state index contributed by atoms with van der Waals surface area (Å²) in [7, 11) is 0. The van der Waals surface area contributed by atoms with Gasteiger partial charge in [0.2, 0.25) is 0 Å². The van der Waals surface area contributed by atoms with E-state index in [1.54, 1.807) is 24.3 Å². The standard InChI is InChI=1S/C27H33N3O4/c31-26(32)13-6-22-4-7-23(8-5-22)27(33)30-19-17-29(18-20-30)24-9-11-25(12-10-24)34-21-3-16-28-14-1-2-15-28/h4-13H,1-3,14-21H2,(H,31,32)/b13-6+. The first-order valence-electron chi connectivity index (χ1n) is 12.1. The molecule has 1 N–H and O–H groups in total. The highest BCUT2D eigenvalue weighted by Gasteiger charge is 2.22. The Balaban J connectivity index is 1.21. The topological polar surface area (TPSA) is 73.3 Å². The molecule has 7 heteroatoms. The number of carbonyl (C=O) groups excluding carboxylic acids is 1. The van der Waals surface area contributed by atoms with E-state index in [4.69, 9.17) is 9.84 Å². The number of aliphatic carboxylic acids is 1. The predicted octanol–water partition coefficient (Wildman–Crippen LogP) is 3.61. The highest BCUT2D eigenvalue weighted by molar-refractivity contribution is 5.94. The van der Waals surface area contributed by atoms with Gasteiger partial charge in [0.05, 0.1) is 6.61 Å². The van der Waals surface area contributed by atoms with Gasteiger partial charge in [-0.25, -0.2) is 4.79 Å². The molecule has 180 valence electrons. The molecule has 0 spiro atoms. The summed E-state index contributed by atoms with van der Waals surface area (Å²) in [5, 5.41) is 8.72. The van der Waals surface area contributed by atoms with Gasteiger partial charge in [0.25, 0.3) is 5.91 Å². The van der Waals surface area contributed by atoms with Gasteiger partial charge in [-0.3, -0.25) is 4.79 Å². The zero-order chi connectivity index (χ0) is 23.8. The molecular formula is C27H33N3O4. The normalized spacial score (nSPS) is 16.8. The van der Waals surface area contributed by atoms with Crippen molar-refractivity contribution in [2.75, 3.05) is 57.3 Å². The van der Waals surface area contributed by atoms with E-state index in [9.17, 15) is 9.59 Å². The van der Waals surface area contributed by atoms with Crippen LogP contribution >= 0.6 is 0 Å². The average Bonchev–Trinajstić information content (AvgIpc) is 3.39. The number of piperazine rings is 1. The van der Waals surface area contributed by atoms with E-state index in [-0.39, 0.29) is 5.91 Å². The van der Waals surface area contributed by atoms with Gasteiger partial charge < -0.3 is 24.5 Å². The summed E-state index contributed by atoms with van der Waals surface area (Å²) in [4.78, 5) is 30.2. The Morgan fingerprint density at radius 2 is 1.56 bits per heavy atom. The van der Waals surface area contributed by atoms with Crippen molar-refractivity contribution in [2.24, 2.45) is 0 Å².